The molecule has 0 spiro atoms. The first-order valence-corrected chi connectivity index (χ1v) is 7.62. The summed E-state index contributed by atoms with van der Waals surface area (Å²) < 4.78 is 16.4. The first kappa shape index (κ1) is 12.9. The number of fused-ring (bicyclic) bond motifs is 1. The van der Waals surface area contributed by atoms with Crippen LogP contribution in [0.5, 0.6) is 0 Å². The first-order chi connectivity index (χ1) is 9.13. The standard InChI is InChI=1S/C12H15ClN4OS/c1-16-4-6-17(7-5-16)12-14-10-3-2-9(13)8-11(10)19(18)15-12/h2-3,8H,4-7H2,1H3,(H,14,15). The summed E-state index contributed by atoms with van der Waals surface area (Å²) >= 11 is 5.92. The van der Waals surface area contributed by atoms with Gasteiger partial charge in [-0.1, -0.05) is 11.6 Å². The number of hydrogen-bond acceptors (Lipinski definition) is 4. The van der Waals surface area contributed by atoms with E-state index in [1.54, 1.807) is 12.1 Å². The lowest BCUT2D eigenvalue weighted by atomic mass is 10.3. The highest BCUT2D eigenvalue weighted by molar-refractivity contribution is 7.84. The Morgan fingerprint density at radius 2 is 2.05 bits per heavy atom. The maximum absolute atomic E-state index is 12.1. The van der Waals surface area contributed by atoms with Crippen LogP contribution in [-0.4, -0.2) is 53.2 Å². The van der Waals surface area contributed by atoms with Gasteiger partial charge in [-0.3, -0.25) is 0 Å². The van der Waals surface area contributed by atoms with Crippen molar-refractivity contribution in [3.63, 3.8) is 0 Å². The van der Waals surface area contributed by atoms with Gasteiger partial charge < -0.3 is 15.1 Å². The third kappa shape index (κ3) is 2.61. The SMILES string of the molecule is CN1CCN(C2=NS(=O)c3cc(Cl)ccc3N2)CC1. The van der Waals surface area contributed by atoms with Gasteiger partial charge in [0, 0.05) is 31.2 Å². The molecule has 5 nitrogen and oxygen atoms in total. The number of benzene rings is 1. The molecule has 19 heavy (non-hydrogen) atoms. The lowest BCUT2D eigenvalue weighted by molar-refractivity contribution is 0.215. The Morgan fingerprint density at radius 1 is 1.32 bits per heavy atom. The van der Waals surface area contributed by atoms with Gasteiger partial charge in [-0.05, 0) is 25.2 Å². The summed E-state index contributed by atoms with van der Waals surface area (Å²) in [7, 11) is 0.720. The number of nitrogens with zero attached hydrogens (tertiary/aromatic N) is 3. The number of likely N-dealkylation sites (N-methyl/N-ethyl adjacent to an activating group) is 1. The van der Waals surface area contributed by atoms with Gasteiger partial charge in [0.25, 0.3) is 0 Å². The van der Waals surface area contributed by atoms with E-state index in [2.05, 4.69) is 26.6 Å². The van der Waals surface area contributed by atoms with E-state index in [4.69, 9.17) is 11.6 Å². The molecule has 0 saturated carbocycles. The van der Waals surface area contributed by atoms with Gasteiger partial charge in [0.05, 0.1) is 10.6 Å². The fourth-order valence-electron chi connectivity index (χ4n) is 2.17. The highest BCUT2D eigenvalue weighted by Crippen LogP contribution is 2.28. The van der Waals surface area contributed by atoms with E-state index < -0.39 is 11.0 Å². The lowest BCUT2D eigenvalue weighted by Crippen LogP contribution is -2.50. The summed E-state index contributed by atoms with van der Waals surface area (Å²) in [5.41, 5.74) is 0.826. The molecule has 0 bridgehead atoms. The number of hydrogen-bond donors (Lipinski definition) is 1. The van der Waals surface area contributed by atoms with Gasteiger partial charge in [-0.15, -0.1) is 4.40 Å². The average molecular weight is 299 g/mol. The van der Waals surface area contributed by atoms with Gasteiger partial charge in [0.1, 0.15) is 0 Å². The van der Waals surface area contributed by atoms with E-state index in [0.29, 0.717) is 15.9 Å². The van der Waals surface area contributed by atoms with Crippen LogP contribution in [0.1, 0.15) is 0 Å². The lowest BCUT2D eigenvalue weighted by Gasteiger charge is -2.35. The van der Waals surface area contributed by atoms with E-state index in [0.717, 1.165) is 31.9 Å². The van der Waals surface area contributed by atoms with Gasteiger partial charge in [-0.2, -0.15) is 0 Å². The second-order valence-electron chi connectivity index (χ2n) is 4.72. The Morgan fingerprint density at radius 3 is 2.79 bits per heavy atom. The summed E-state index contributed by atoms with van der Waals surface area (Å²) in [6.45, 7) is 3.76. The van der Waals surface area contributed by atoms with E-state index in [1.807, 2.05) is 6.07 Å². The summed E-state index contributed by atoms with van der Waals surface area (Å²) in [6.07, 6.45) is 0. The summed E-state index contributed by atoms with van der Waals surface area (Å²) in [5.74, 6) is 0.696. The quantitative estimate of drug-likeness (QED) is 0.786. The minimum atomic E-state index is -1.38. The van der Waals surface area contributed by atoms with Crippen LogP contribution in [0.3, 0.4) is 0 Å². The summed E-state index contributed by atoms with van der Waals surface area (Å²) in [4.78, 5) is 5.05. The van der Waals surface area contributed by atoms with Crippen molar-refractivity contribution in [1.29, 1.82) is 0 Å². The van der Waals surface area contributed by atoms with E-state index >= 15 is 0 Å². The number of halogens is 1. The normalized spacial score (nSPS) is 23.6. The third-order valence-corrected chi connectivity index (χ3v) is 4.64. The third-order valence-electron chi connectivity index (χ3n) is 3.35. The molecule has 1 N–H and O–H groups in total. The second kappa shape index (κ2) is 5.11. The number of guanidine groups is 1. The van der Waals surface area contributed by atoms with E-state index in [1.165, 1.54) is 0 Å². The molecule has 0 radical (unpaired) electrons. The molecule has 2 aliphatic rings. The highest BCUT2D eigenvalue weighted by atomic mass is 35.5. The Kier molecular flexibility index (Phi) is 3.47. The molecule has 1 aromatic rings. The molecule has 0 aromatic heterocycles. The number of piperazine rings is 1. The molecule has 3 rings (SSSR count). The molecule has 7 heteroatoms. The number of anilines is 1. The van der Waals surface area contributed by atoms with Crippen molar-refractivity contribution >= 4 is 34.2 Å². The summed E-state index contributed by atoms with van der Waals surface area (Å²) in [6, 6.07) is 5.34. The van der Waals surface area contributed by atoms with Crippen LogP contribution < -0.4 is 5.32 Å². The van der Waals surface area contributed by atoms with Crippen LogP contribution in [0.15, 0.2) is 27.5 Å². The number of nitrogens with one attached hydrogen (secondary N) is 1. The van der Waals surface area contributed by atoms with Crippen molar-refractivity contribution in [2.45, 2.75) is 4.90 Å². The minimum absolute atomic E-state index is 0.576. The van der Waals surface area contributed by atoms with Crippen LogP contribution in [0, 0.1) is 0 Å². The van der Waals surface area contributed by atoms with Crippen LogP contribution in [0.4, 0.5) is 5.69 Å². The van der Waals surface area contributed by atoms with Crippen LogP contribution in [0.25, 0.3) is 0 Å². The maximum Gasteiger partial charge on any atom is 0.213 e. The predicted molar refractivity (Wildman–Crippen MR) is 78.0 cm³/mol. The van der Waals surface area contributed by atoms with Gasteiger partial charge >= 0.3 is 0 Å². The van der Waals surface area contributed by atoms with Crippen LogP contribution in [-0.2, 0) is 11.0 Å². The first-order valence-electron chi connectivity index (χ1n) is 6.14. The van der Waals surface area contributed by atoms with Crippen molar-refractivity contribution in [3.05, 3.63) is 23.2 Å². The second-order valence-corrected chi connectivity index (χ2v) is 6.28. The Hall–Kier alpha value is -1.11. The Balaban J connectivity index is 1.83. The molecule has 1 saturated heterocycles. The topological polar surface area (TPSA) is 47.9 Å². The van der Waals surface area contributed by atoms with Crippen molar-refractivity contribution < 1.29 is 4.21 Å². The van der Waals surface area contributed by atoms with Crippen LogP contribution >= 0.6 is 11.6 Å². The monoisotopic (exact) mass is 298 g/mol. The highest BCUT2D eigenvalue weighted by Gasteiger charge is 2.24. The van der Waals surface area contributed by atoms with Crippen molar-refractivity contribution in [2.24, 2.45) is 4.40 Å². The zero-order valence-electron chi connectivity index (χ0n) is 10.6. The molecule has 2 heterocycles. The van der Waals surface area contributed by atoms with Crippen molar-refractivity contribution in [1.82, 2.24) is 9.80 Å². The van der Waals surface area contributed by atoms with E-state index in [-0.39, 0.29) is 0 Å². The molecule has 1 aromatic carbocycles. The average Bonchev–Trinajstić information content (AvgIpc) is 2.40. The van der Waals surface area contributed by atoms with Crippen LogP contribution in [0.2, 0.25) is 5.02 Å². The predicted octanol–water partition coefficient (Wildman–Crippen LogP) is 1.39. The fourth-order valence-corrected chi connectivity index (χ4v) is 3.36. The minimum Gasteiger partial charge on any atom is -0.339 e. The molecule has 0 aliphatic carbocycles. The molecule has 2 aliphatic heterocycles. The molecular formula is C12H15ClN4OS. The molecule has 1 fully saturated rings. The van der Waals surface area contributed by atoms with Gasteiger partial charge in [0.2, 0.25) is 5.96 Å². The number of rotatable bonds is 0. The van der Waals surface area contributed by atoms with Crippen molar-refractivity contribution in [3.8, 4) is 0 Å². The van der Waals surface area contributed by atoms with Gasteiger partial charge in [-0.25, -0.2) is 4.21 Å². The largest absolute Gasteiger partial charge is 0.339 e. The Labute approximate surface area is 119 Å². The fraction of sp³-hybridized carbons (Fsp3) is 0.417. The maximum atomic E-state index is 12.1. The van der Waals surface area contributed by atoms with E-state index in [9.17, 15) is 4.21 Å². The molecule has 102 valence electrons. The molecule has 0 amide bonds. The Bertz CT molecular complexity index is 555. The zero-order chi connectivity index (χ0) is 13.4. The molecule has 1 unspecified atom stereocenters. The summed E-state index contributed by atoms with van der Waals surface area (Å²) in [5, 5.41) is 3.82. The molecular weight excluding hydrogens is 284 g/mol. The molecule has 1 atom stereocenters. The smallest absolute Gasteiger partial charge is 0.213 e. The van der Waals surface area contributed by atoms with Crippen molar-refractivity contribution in [2.75, 3.05) is 38.5 Å². The zero-order valence-corrected chi connectivity index (χ0v) is 12.2. The van der Waals surface area contributed by atoms with Gasteiger partial charge in [0.15, 0.2) is 11.0 Å².